The molecule has 0 aromatic heterocycles. The molecule has 0 bridgehead atoms. The van der Waals surface area contributed by atoms with E-state index >= 15 is 0 Å². The summed E-state index contributed by atoms with van der Waals surface area (Å²) >= 11 is 0. The second-order valence-electron chi connectivity index (χ2n) is 25.6. The minimum Gasteiger partial charge on any atom is -0.494 e. The Morgan fingerprint density at radius 3 is 0.538 bits per heavy atom. The van der Waals surface area contributed by atoms with E-state index in [4.69, 9.17) is 28.4 Å². The molecule has 0 spiro atoms. The number of carbonyl (C=O) groups excluding carboxylic acids is 3. The zero-order valence-electron chi connectivity index (χ0n) is 61.7. The summed E-state index contributed by atoms with van der Waals surface area (Å²) < 4.78 is 240. The van der Waals surface area contributed by atoms with E-state index in [1.165, 1.54) is 54.6 Å². The highest BCUT2D eigenvalue weighted by Crippen LogP contribution is 2.27. The monoisotopic (exact) mass is 1610 g/mol. The first-order chi connectivity index (χ1) is 56.5. The van der Waals surface area contributed by atoms with Crippen LogP contribution in [0.3, 0.4) is 0 Å². The maximum Gasteiger partial charge on any atom is 0.338 e. The molecule has 0 radical (unpaired) electrons. The molecule has 594 valence electrons. The number of esters is 3. The van der Waals surface area contributed by atoms with Gasteiger partial charge in [0, 0.05) is 50.1 Å². The molecule has 0 unspecified atom stereocenters. The predicted octanol–water partition coefficient (Wildman–Crippen LogP) is 20.6. The van der Waals surface area contributed by atoms with Crippen molar-refractivity contribution in [2.75, 3.05) is 39.6 Å². The van der Waals surface area contributed by atoms with Crippen molar-refractivity contribution in [2.24, 2.45) is 0 Å². The minimum absolute atomic E-state index is 0.0384. The quantitative estimate of drug-likeness (QED) is 0.00946. The Bertz CT molecular complexity index is 5030. The Hall–Kier alpha value is -13.7. The van der Waals surface area contributed by atoms with Gasteiger partial charge in [-0.25, -0.2) is 80.2 Å². The molecular weight excluding hydrogens is 1550 g/mol. The third kappa shape index (κ3) is 24.4. The fourth-order valence-corrected chi connectivity index (χ4v) is 10.8. The number of ether oxygens (including phenoxy) is 6. The normalized spacial score (nSPS) is 10.5. The first-order valence-corrected chi connectivity index (χ1v) is 36.3. The van der Waals surface area contributed by atoms with E-state index in [9.17, 15) is 80.2 Å². The average molecular weight is 1610 g/mol. The van der Waals surface area contributed by atoms with Crippen LogP contribution in [0, 0.1) is 158 Å². The Kier molecular flexibility index (Phi) is 31.1. The van der Waals surface area contributed by atoms with Crippen molar-refractivity contribution in [1.29, 1.82) is 0 Å². The maximum atomic E-state index is 14.0. The molecule has 0 aliphatic heterocycles. The van der Waals surface area contributed by atoms with Crippen LogP contribution in [0.5, 0.6) is 17.2 Å². The van der Waals surface area contributed by atoms with Crippen LogP contribution in [0.1, 0.15) is 175 Å². The van der Waals surface area contributed by atoms with E-state index in [0.717, 1.165) is 19.3 Å². The molecule has 9 nitrogen and oxygen atoms in total. The molecular formula is C93H63F15O9. The van der Waals surface area contributed by atoms with E-state index in [1.807, 2.05) is 17.8 Å². The van der Waals surface area contributed by atoms with Crippen molar-refractivity contribution in [3.8, 4) is 88.3 Å². The van der Waals surface area contributed by atoms with Gasteiger partial charge in [0.15, 0.2) is 69.8 Å². The number of carbonyl (C=O) groups is 3. The van der Waals surface area contributed by atoms with Crippen molar-refractivity contribution >= 4 is 17.9 Å². The molecule has 0 heterocycles. The fourth-order valence-electron chi connectivity index (χ4n) is 10.8. The first kappa shape index (κ1) is 85.7. The van der Waals surface area contributed by atoms with Crippen molar-refractivity contribution in [3.63, 3.8) is 0 Å². The van der Waals surface area contributed by atoms with Gasteiger partial charge in [0.2, 0.25) is 17.5 Å². The zero-order valence-corrected chi connectivity index (χ0v) is 61.7. The van der Waals surface area contributed by atoms with Gasteiger partial charge in [0.25, 0.3) is 0 Å². The molecule has 117 heavy (non-hydrogen) atoms. The van der Waals surface area contributed by atoms with E-state index in [0.29, 0.717) is 128 Å². The topological polar surface area (TPSA) is 107 Å². The summed E-state index contributed by atoms with van der Waals surface area (Å²) in [6, 6.07) is 43.3. The van der Waals surface area contributed by atoms with Gasteiger partial charge >= 0.3 is 17.9 Å². The van der Waals surface area contributed by atoms with Gasteiger partial charge in [0.1, 0.15) is 33.9 Å². The Balaban J connectivity index is 0.642. The summed E-state index contributed by atoms with van der Waals surface area (Å²) in [4.78, 5) is 40.6. The van der Waals surface area contributed by atoms with Crippen molar-refractivity contribution < 1.29 is 109 Å². The van der Waals surface area contributed by atoms with Gasteiger partial charge in [-0.3, -0.25) is 0 Å². The second kappa shape index (κ2) is 42.4. The second-order valence-corrected chi connectivity index (χ2v) is 25.6. The van der Waals surface area contributed by atoms with Crippen LogP contribution in [0.25, 0.3) is 0 Å². The van der Waals surface area contributed by atoms with Crippen LogP contribution in [0.2, 0.25) is 0 Å². The number of hydrogen-bond donors (Lipinski definition) is 0. The Morgan fingerprint density at radius 2 is 0.350 bits per heavy atom. The number of unbranched alkanes of at least 4 members (excludes halogenated alkanes) is 9. The summed E-state index contributed by atoms with van der Waals surface area (Å²) in [7, 11) is 0. The lowest BCUT2D eigenvalue weighted by atomic mass is 10.1. The van der Waals surface area contributed by atoms with Crippen LogP contribution in [-0.2, 0) is 14.2 Å². The molecule has 0 aliphatic rings. The van der Waals surface area contributed by atoms with Crippen LogP contribution >= 0.6 is 0 Å². The van der Waals surface area contributed by atoms with Gasteiger partial charge in [-0.05, 0) is 241 Å². The smallest absolute Gasteiger partial charge is 0.338 e. The highest BCUT2D eigenvalue weighted by molar-refractivity contribution is 6.00. The molecule has 10 rings (SSSR count). The lowest BCUT2D eigenvalue weighted by Gasteiger charge is -2.11. The van der Waals surface area contributed by atoms with Gasteiger partial charge in [-0.15, -0.1) is 0 Å². The number of rotatable bonds is 27. The van der Waals surface area contributed by atoms with E-state index in [1.54, 1.807) is 109 Å². The fraction of sp³-hybridized carbons (Fsp3) is 0.194. The van der Waals surface area contributed by atoms with Crippen LogP contribution < -0.4 is 14.2 Å². The molecule has 24 heteroatoms. The molecule has 0 amide bonds. The lowest BCUT2D eigenvalue weighted by molar-refractivity contribution is 0.0493. The van der Waals surface area contributed by atoms with Crippen molar-refractivity contribution in [3.05, 3.63) is 335 Å². The van der Waals surface area contributed by atoms with Gasteiger partial charge in [-0.2, -0.15) is 0 Å². The van der Waals surface area contributed by atoms with Gasteiger partial charge in [0.05, 0.1) is 56.3 Å². The average Bonchev–Trinajstić information content (AvgIpc) is 0.800. The molecule has 0 fully saturated rings. The predicted molar refractivity (Wildman–Crippen MR) is 402 cm³/mol. The molecule has 0 N–H and O–H groups in total. The number of halogens is 15. The molecule has 10 aromatic rings. The van der Waals surface area contributed by atoms with E-state index in [2.05, 4.69) is 53.3 Å². The summed E-state index contributed by atoms with van der Waals surface area (Å²) in [5, 5.41) is 0. The first-order valence-electron chi connectivity index (χ1n) is 36.3. The summed E-state index contributed by atoms with van der Waals surface area (Å²) in [6.07, 6.45) is 7.75. The zero-order chi connectivity index (χ0) is 83.3. The highest BCUT2D eigenvalue weighted by atomic mass is 19.2. The molecule has 0 saturated carbocycles. The Labute approximate surface area is 663 Å². The van der Waals surface area contributed by atoms with Crippen molar-refractivity contribution in [1.82, 2.24) is 0 Å². The molecule has 0 atom stereocenters. The summed E-state index contributed by atoms with van der Waals surface area (Å²) in [5.74, 6) is -0.866. The molecule has 0 aliphatic carbocycles. The van der Waals surface area contributed by atoms with E-state index < -0.39 is 122 Å². The Morgan fingerprint density at radius 1 is 0.197 bits per heavy atom. The minimum atomic E-state index is -2.27. The molecule has 10 aromatic carbocycles. The van der Waals surface area contributed by atoms with Gasteiger partial charge in [-0.1, -0.05) is 71.0 Å². The lowest BCUT2D eigenvalue weighted by Crippen LogP contribution is -2.14. The van der Waals surface area contributed by atoms with Crippen molar-refractivity contribution in [2.45, 2.75) is 77.0 Å². The summed E-state index contributed by atoms with van der Waals surface area (Å²) in [6.45, 7) is 1.29. The maximum absolute atomic E-state index is 14.0. The van der Waals surface area contributed by atoms with Crippen LogP contribution in [-0.4, -0.2) is 57.5 Å². The third-order valence-corrected chi connectivity index (χ3v) is 17.2. The van der Waals surface area contributed by atoms with Crippen LogP contribution in [0.4, 0.5) is 65.9 Å². The standard InChI is InChI=1S/C93H63F15O9/c94-76-73(77(95)83(101)88(106)82(76)100)46-37-61-22-13-58(14-23-61)19-28-64-31-40-70(41-32-64)112-49-7-1-4-10-52-115-91(109)67-55-68(92(110)116-53-11-5-2-8-50-113-71-42-33-65(34-43-71)29-20-59-15-24-62(25-16-59)38-47-74-78(96)84(102)89(107)85(103)79(74)97)57-69(56-67)93(111)117-54-12-6-3-9-51-114-72-44-35-66(36-45-72)30-21-60-17-26-63(27-18-60)39-48-75-80(98)86(104)90(108)87(105)81(75)99/h13-18,22-27,31-36,40-45,55-57H,1-12,49-54H2. The molecule has 0 saturated heterocycles. The highest BCUT2D eigenvalue weighted by Gasteiger charge is 2.28. The SMILES string of the molecule is O=C(OCCCCCCOc1ccc(C#Cc2ccc(C#Cc3c(F)c(F)c(F)c(F)c3F)cc2)cc1)c1cc(C(=O)OCCCCCCOc2ccc(C#Cc3ccc(C#Cc4c(F)c(F)c(F)c(F)c4F)cc3)cc2)cc(C(=O)OCCCCCCOc2ccc(C#Cc3ccc(C#Cc4c(F)c(F)c(F)c(F)c4F)cc3)cc2)c1. The third-order valence-electron chi connectivity index (χ3n) is 17.2. The summed E-state index contributed by atoms with van der Waals surface area (Å²) in [5.41, 5.74) is 0.505. The van der Waals surface area contributed by atoms with Crippen LogP contribution in [0.15, 0.2) is 164 Å². The van der Waals surface area contributed by atoms with E-state index in [-0.39, 0.29) is 53.2 Å². The number of benzene rings is 10. The van der Waals surface area contributed by atoms with Gasteiger partial charge < -0.3 is 28.4 Å². The largest absolute Gasteiger partial charge is 0.494 e. The number of hydrogen-bond acceptors (Lipinski definition) is 9.